The zero-order valence-corrected chi connectivity index (χ0v) is 20.5. The second-order valence-corrected chi connectivity index (χ2v) is 9.86. The minimum Gasteiger partial charge on any atom is -0.376 e. The van der Waals surface area contributed by atoms with E-state index in [1.54, 1.807) is 29.2 Å². The van der Waals surface area contributed by atoms with Crippen molar-refractivity contribution in [3.05, 3.63) is 59.2 Å². The van der Waals surface area contributed by atoms with Gasteiger partial charge in [-0.15, -0.1) is 0 Å². The first-order valence-corrected chi connectivity index (χ1v) is 12.3. The molecule has 2 aromatic rings. The van der Waals surface area contributed by atoms with Gasteiger partial charge >= 0.3 is 0 Å². The molecule has 0 aliphatic carbocycles. The van der Waals surface area contributed by atoms with Crippen LogP contribution in [0.15, 0.2) is 47.5 Å². The van der Waals surface area contributed by atoms with Crippen molar-refractivity contribution in [2.24, 2.45) is 4.99 Å². The van der Waals surface area contributed by atoms with Gasteiger partial charge in [0.15, 0.2) is 11.0 Å². The van der Waals surface area contributed by atoms with Gasteiger partial charge in [-0.1, -0.05) is 23.9 Å². The van der Waals surface area contributed by atoms with Crippen molar-refractivity contribution in [3.63, 3.8) is 0 Å². The van der Waals surface area contributed by atoms with Gasteiger partial charge in [-0.25, -0.2) is 4.99 Å². The lowest BCUT2D eigenvalue weighted by atomic mass is 10.1. The number of Topliss-reactive ketones (excluding diaryl/α,β-unsaturated/α-hetero) is 1. The Hall–Kier alpha value is -2.97. The lowest BCUT2D eigenvalue weighted by molar-refractivity contribution is -0.129. The number of amides is 2. The predicted molar refractivity (Wildman–Crippen MR) is 135 cm³/mol. The molecular formula is C26H29N3O4S. The fourth-order valence-electron chi connectivity index (χ4n) is 4.01. The van der Waals surface area contributed by atoms with E-state index in [-0.39, 0.29) is 30.1 Å². The van der Waals surface area contributed by atoms with Crippen molar-refractivity contribution in [2.45, 2.75) is 51.4 Å². The Labute approximate surface area is 204 Å². The predicted octanol–water partition coefficient (Wildman–Crippen LogP) is 4.65. The SMILES string of the molecule is CC(=O)c1ccc(NC(=O)CC2SC(=Nc3cccc(C)c3C)N(CC3CCCO3)C2=O)cc1. The molecular weight excluding hydrogens is 450 g/mol. The van der Waals surface area contributed by atoms with Crippen LogP contribution in [0.1, 0.15) is 47.7 Å². The number of anilines is 1. The molecule has 0 spiro atoms. The molecule has 0 bridgehead atoms. The number of carbonyl (C=O) groups is 3. The third kappa shape index (κ3) is 5.56. The number of aliphatic imine (C=N–C) groups is 1. The highest BCUT2D eigenvalue weighted by atomic mass is 32.2. The van der Waals surface area contributed by atoms with Crippen molar-refractivity contribution in [3.8, 4) is 0 Å². The first kappa shape index (κ1) is 24.2. The maximum Gasteiger partial charge on any atom is 0.242 e. The number of hydrogen-bond donors (Lipinski definition) is 1. The molecule has 2 fully saturated rings. The van der Waals surface area contributed by atoms with Crippen LogP contribution in [0.4, 0.5) is 11.4 Å². The van der Waals surface area contributed by atoms with Gasteiger partial charge in [0, 0.05) is 24.3 Å². The fraction of sp³-hybridized carbons (Fsp3) is 0.385. The molecule has 7 nitrogen and oxygen atoms in total. The molecule has 4 rings (SSSR count). The molecule has 8 heteroatoms. The van der Waals surface area contributed by atoms with Gasteiger partial charge in [-0.05, 0) is 75.1 Å². The number of rotatable bonds is 7. The summed E-state index contributed by atoms with van der Waals surface area (Å²) in [7, 11) is 0. The number of carbonyl (C=O) groups excluding carboxylic acids is 3. The fourth-order valence-corrected chi connectivity index (χ4v) is 5.17. The van der Waals surface area contributed by atoms with Gasteiger partial charge < -0.3 is 10.1 Å². The Kier molecular flexibility index (Phi) is 7.48. The van der Waals surface area contributed by atoms with Crippen LogP contribution in [0.25, 0.3) is 0 Å². The molecule has 2 unspecified atom stereocenters. The quantitative estimate of drug-likeness (QED) is 0.584. The lowest BCUT2D eigenvalue weighted by Gasteiger charge is -2.20. The number of nitrogens with zero attached hydrogens (tertiary/aromatic N) is 2. The maximum atomic E-state index is 13.3. The average Bonchev–Trinajstić information content (AvgIpc) is 3.41. The highest BCUT2D eigenvalue weighted by Gasteiger charge is 2.40. The van der Waals surface area contributed by atoms with Crippen LogP contribution in [0.3, 0.4) is 0 Å². The monoisotopic (exact) mass is 479 g/mol. The molecule has 34 heavy (non-hydrogen) atoms. The van der Waals surface area contributed by atoms with E-state index in [0.717, 1.165) is 29.7 Å². The Balaban J connectivity index is 1.50. The normalized spacial score (nSPS) is 21.3. The minimum atomic E-state index is -0.554. The Morgan fingerprint density at radius 2 is 1.94 bits per heavy atom. The summed E-state index contributed by atoms with van der Waals surface area (Å²) in [6.45, 7) is 6.70. The molecule has 178 valence electrons. The van der Waals surface area contributed by atoms with Gasteiger partial charge in [0.2, 0.25) is 11.8 Å². The molecule has 0 aromatic heterocycles. The standard InChI is InChI=1S/C26H29N3O4S/c1-16-6-4-8-22(17(16)2)28-26-29(15-21-7-5-13-33-21)25(32)23(34-26)14-24(31)27-20-11-9-19(10-12-20)18(3)30/h4,6,8-12,21,23H,5,7,13-15H2,1-3H3,(H,27,31). The van der Waals surface area contributed by atoms with E-state index in [2.05, 4.69) is 5.32 Å². The Bertz CT molecular complexity index is 1120. The molecule has 2 atom stereocenters. The molecule has 1 N–H and O–H groups in total. The van der Waals surface area contributed by atoms with Gasteiger partial charge in [0.25, 0.3) is 0 Å². The van der Waals surface area contributed by atoms with E-state index in [9.17, 15) is 14.4 Å². The van der Waals surface area contributed by atoms with E-state index in [1.165, 1.54) is 18.7 Å². The van der Waals surface area contributed by atoms with Crippen LogP contribution < -0.4 is 5.32 Å². The second-order valence-electron chi connectivity index (χ2n) is 8.69. The van der Waals surface area contributed by atoms with Crippen LogP contribution >= 0.6 is 11.8 Å². The number of thioether (sulfide) groups is 1. The number of ketones is 1. The number of hydrogen-bond acceptors (Lipinski definition) is 6. The van der Waals surface area contributed by atoms with Gasteiger partial charge in [-0.3, -0.25) is 19.3 Å². The van der Waals surface area contributed by atoms with Gasteiger partial charge in [-0.2, -0.15) is 0 Å². The first-order valence-electron chi connectivity index (χ1n) is 11.5. The van der Waals surface area contributed by atoms with Crippen molar-refractivity contribution in [1.82, 2.24) is 4.90 Å². The molecule has 2 amide bonds. The van der Waals surface area contributed by atoms with Gasteiger partial charge in [0.05, 0.1) is 18.3 Å². The third-order valence-electron chi connectivity index (χ3n) is 6.17. The van der Waals surface area contributed by atoms with E-state index >= 15 is 0 Å². The third-order valence-corrected chi connectivity index (χ3v) is 7.34. The highest BCUT2D eigenvalue weighted by Crippen LogP contribution is 2.34. The Morgan fingerprint density at radius 1 is 1.18 bits per heavy atom. The molecule has 2 aliphatic heterocycles. The summed E-state index contributed by atoms with van der Waals surface area (Å²) in [5.41, 5.74) is 4.19. The molecule has 2 saturated heterocycles. The summed E-state index contributed by atoms with van der Waals surface area (Å²) >= 11 is 1.33. The number of aryl methyl sites for hydroxylation is 1. The number of amidine groups is 1. The molecule has 0 saturated carbocycles. The number of ether oxygens (including phenoxy) is 1. The average molecular weight is 480 g/mol. The Morgan fingerprint density at radius 3 is 2.62 bits per heavy atom. The van der Waals surface area contributed by atoms with E-state index in [4.69, 9.17) is 9.73 Å². The summed E-state index contributed by atoms with van der Waals surface area (Å²) in [6, 6.07) is 12.7. The van der Waals surface area contributed by atoms with Crippen LogP contribution in [-0.4, -0.2) is 52.2 Å². The number of benzene rings is 2. The van der Waals surface area contributed by atoms with E-state index in [1.807, 2.05) is 32.0 Å². The van der Waals surface area contributed by atoms with E-state index < -0.39 is 5.25 Å². The highest BCUT2D eigenvalue weighted by molar-refractivity contribution is 8.15. The van der Waals surface area contributed by atoms with Crippen molar-refractivity contribution in [1.29, 1.82) is 0 Å². The summed E-state index contributed by atoms with van der Waals surface area (Å²) < 4.78 is 5.76. The minimum absolute atomic E-state index is 0.0132. The van der Waals surface area contributed by atoms with Crippen LogP contribution in [0.2, 0.25) is 0 Å². The molecule has 0 radical (unpaired) electrons. The smallest absolute Gasteiger partial charge is 0.242 e. The second kappa shape index (κ2) is 10.5. The molecule has 2 heterocycles. The van der Waals surface area contributed by atoms with Crippen LogP contribution in [0.5, 0.6) is 0 Å². The van der Waals surface area contributed by atoms with Crippen molar-refractivity contribution in [2.75, 3.05) is 18.5 Å². The number of nitrogens with one attached hydrogen (secondary N) is 1. The largest absolute Gasteiger partial charge is 0.376 e. The summed E-state index contributed by atoms with van der Waals surface area (Å²) in [5, 5.41) is 2.88. The zero-order valence-electron chi connectivity index (χ0n) is 19.7. The first-order chi connectivity index (χ1) is 16.3. The zero-order chi connectivity index (χ0) is 24.2. The lowest BCUT2D eigenvalue weighted by Crippen LogP contribution is -2.38. The molecule has 2 aliphatic rings. The summed E-state index contributed by atoms with van der Waals surface area (Å²) in [5.74, 6) is -0.411. The van der Waals surface area contributed by atoms with Crippen molar-refractivity contribution < 1.29 is 19.1 Å². The van der Waals surface area contributed by atoms with Crippen LogP contribution in [0, 0.1) is 13.8 Å². The summed E-state index contributed by atoms with van der Waals surface area (Å²) in [4.78, 5) is 44.0. The summed E-state index contributed by atoms with van der Waals surface area (Å²) in [6.07, 6.45) is 1.91. The van der Waals surface area contributed by atoms with E-state index in [0.29, 0.717) is 29.6 Å². The van der Waals surface area contributed by atoms with Gasteiger partial charge in [0.1, 0.15) is 5.25 Å². The molecule has 2 aromatic carbocycles. The van der Waals surface area contributed by atoms with Crippen molar-refractivity contribution >= 4 is 45.9 Å². The van der Waals surface area contributed by atoms with Crippen LogP contribution in [-0.2, 0) is 14.3 Å². The topological polar surface area (TPSA) is 88.1 Å². The maximum absolute atomic E-state index is 13.3.